The summed E-state index contributed by atoms with van der Waals surface area (Å²) in [7, 11) is 1.29. The Bertz CT molecular complexity index is 441. The van der Waals surface area contributed by atoms with E-state index in [4.69, 9.17) is 5.53 Å². The third-order valence-corrected chi connectivity index (χ3v) is 2.17. The molecular formula is C11H14N4O2. The molecule has 1 N–H and O–H groups in total. The largest absolute Gasteiger partial charge is 0.467 e. The van der Waals surface area contributed by atoms with Crippen molar-refractivity contribution in [2.45, 2.75) is 13.0 Å². The zero-order chi connectivity index (χ0) is 12.7. The lowest BCUT2D eigenvalue weighted by molar-refractivity contribution is -0.141. The fraction of sp³-hybridized carbons (Fsp3) is 0.364. The van der Waals surface area contributed by atoms with E-state index in [0.29, 0.717) is 0 Å². The van der Waals surface area contributed by atoms with Crippen molar-refractivity contribution in [2.24, 2.45) is 5.11 Å². The number of nitrogens with zero attached hydrogens (tertiary/aromatic N) is 3. The summed E-state index contributed by atoms with van der Waals surface area (Å²) in [6.45, 7) is 1.96. The number of esters is 1. The second-order valence-electron chi connectivity index (χ2n) is 3.50. The average Bonchev–Trinajstić information content (AvgIpc) is 2.33. The van der Waals surface area contributed by atoms with Crippen molar-refractivity contribution in [2.75, 3.05) is 19.0 Å². The quantitative estimate of drug-likeness (QED) is 0.367. The second-order valence-corrected chi connectivity index (χ2v) is 3.50. The highest BCUT2D eigenvalue weighted by atomic mass is 16.5. The summed E-state index contributed by atoms with van der Waals surface area (Å²) in [6, 6.07) is 6.88. The maximum absolute atomic E-state index is 11.4. The van der Waals surface area contributed by atoms with Gasteiger partial charge in [0.25, 0.3) is 0 Å². The Balaban J connectivity index is 2.78. The molecule has 0 amide bonds. The number of aryl methyl sites for hydroxylation is 1. The fourth-order valence-electron chi connectivity index (χ4n) is 1.38. The molecule has 1 aromatic rings. The van der Waals surface area contributed by atoms with E-state index in [2.05, 4.69) is 20.1 Å². The minimum absolute atomic E-state index is 0.0110. The van der Waals surface area contributed by atoms with E-state index in [0.717, 1.165) is 11.3 Å². The van der Waals surface area contributed by atoms with Crippen LogP contribution in [0.25, 0.3) is 10.4 Å². The summed E-state index contributed by atoms with van der Waals surface area (Å²) in [5.74, 6) is -0.459. The molecule has 0 spiro atoms. The first-order chi connectivity index (χ1) is 8.17. The highest BCUT2D eigenvalue weighted by Crippen LogP contribution is 2.11. The Hall–Kier alpha value is -2.20. The Morgan fingerprint density at radius 3 is 3.00 bits per heavy atom. The predicted molar refractivity (Wildman–Crippen MR) is 64.6 cm³/mol. The topological polar surface area (TPSA) is 87.1 Å². The zero-order valence-corrected chi connectivity index (χ0v) is 9.75. The summed E-state index contributed by atoms with van der Waals surface area (Å²) in [4.78, 5) is 14.1. The number of nitrogens with one attached hydrogen (secondary N) is 1. The minimum atomic E-state index is -0.669. The molecule has 0 aromatic heterocycles. The molecule has 0 aliphatic rings. The van der Waals surface area contributed by atoms with Gasteiger partial charge >= 0.3 is 5.97 Å². The number of hydrogen-bond acceptors (Lipinski definition) is 4. The first kappa shape index (κ1) is 12.9. The zero-order valence-electron chi connectivity index (χ0n) is 9.75. The van der Waals surface area contributed by atoms with Crippen LogP contribution in [-0.4, -0.2) is 25.7 Å². The molecule has 0 heterocycles. The van der Waals surface area contributed by atoms with E-state index in [1.165, 1.54) is 7.11 Å². The Morgan fingerprint density at radius 2 is 2.41 bits per heavy atom. The average molecular weight is 234 g/mol. The van der Waals surface area contributed by atoms with E-state index in [9.17, 15) is 4.79 Å². The van der Waals surface area contributed by atoms with E-state index in [-0.39, 0.29) is 6.54 Å². The van der Waals surface area contributed by atoms with E-state index >= 15 is 0 Å². The highest BCUT2D eigenvalue weighted by Gasteiger charge is 2.17. The predicted octanol–water partition coefficient (Wildman–Crippen LogP) is 2.26. The third-order valence-electron chi connectivity index (χ3n) is 2.17. The van der Waals surface area contributed by atoms with Crippen molar-refractivity contribution in [3.63, 3.8) is 0 Å². The molecule has 17 heavy (non-hydrogen) atoms. The van der Waals surface area contributed by atoms with Gasteiger partial charge in [0.05, 0.1) is 13.7 Å². The van der Waals surface area contributed by atoms with Crippen molar-refractivity contribution in [1.82, 2.24) is 0 Å². The molecule has 6 nitrogen and oxygen atoms in total. The molecule has 0 saturated carbocycles. The lowest BCUT2D eigenvalue weighted by atomic mass is 10.2. The summed E-state index contributed by atoms with van der Waals surface area (Å²) in [6.07, 6.45) is 0. The second kappa shape index (κ2) is 6.40. The molecule has 6 heteroatoms. The smallest absolute Gasteiger partial charge is 0.328 e. The summed E-state index contributed by atoms with van der Waals surface area (Å²) in [5.41, 5.74) is 10.1. The van der Waals surface area contributed by atoms with Gasteiger partial charge in [0, 0.05) is 10.6 Å². The van der Waals surface area contributed by atoms with Gasteiger partial charge < -0.3 is 10.1 Å². The Labute approximate surface area is 99.2 Å². The molecule has 90 valence electrons. The lowest BCUT2D eigenvalue weighted by Gasteiger charge is -2.15. The number of azide groups is 1. The third kappa shape index (κ3) is 4.04. The molecule has 0 fully saturated rings. The van der Waals surface area contributed by atoms with Crippen LogP contribution >= 0.6 is 0 Å². The molecule has 1 unspecified atom stereocenters. The maximum atomic E-state index is 11.4. The number of benzene rings is 1. The van der Waals surface area contributed by atoms with Crippen LogP contribution < -0.4 is 5.32 Å². The van der Waals surface area contributed by atoms with Gasteiger partial charge in [0.2, 0.25) is 0 Å². The molecule has 0 bridgehead atoms. The van der Waals surface area contributed by atoms with Crippen LogP contribution in [0.4, 0.5) is 5.69 Å². The first-order valence-electron chi connectivity index (χ1n) is 5.09. The van der Waals surface area contributed by atoms with E-state index in [1.54, 1.807) is 0 Å². The van der Waals surface area contributed by atoms with Crippen molar-refractivity contribution in [1.29, 1.82) is 0 Å². The van der Waals surface area contributed by atoms with Gasteiger partial charge in [0.1, 0.15) is 6.04 Å². The number of carbonyl (C=O) groups is 1. The molecule has 0 saturated heterocycles. The number of methoxy groups -OCH3 is 1. The molecule has 1 atom stereocenters. The van der Waals surface area contributed by atoms with Crippen molar-refractivity contribution >= 4 is 11.7 Å². The van der Waals surface area contributed by atoms with Crippen molar-refractivity contribution in [3.8, 4) is 0 Å². The van der Waals surface area contributed by atoms with Crippen LogP contribution in [0.5, 0.6) is 0 Å². The monoisotopic (exact) mass is 234 g/mol. The fourth-order valence-corrected chi connectivity index (χ4v) is 1.38. The van der Waals surface area contributed by atoms with E-state index < -0.39 is 12.0 Å². The summed E-state index contributed by atoms with van der Waals surface area (Å²) >= 11 is 0. The Morgan fingerprint density at radius 1 is 1.65 bits per heavy atom. The van der Waals surface area contributed by atoms with Crippen molar-refractivity contribution in [3.05, 3.63) is 40.3 Å². The van der Waals surface area contributed by atoms with Crippen molar-refractivity contribution < 1.29 is 9.53 Å². The highest BCUT2D eigenvalue weighted by molar-refractivity contribution is 5.79. The molecule has 0 aliphatic heterocycles. The lowest BCUT2D eigenvalue weighted by Crippen LogP contribution is -2.33. The van der Waals surface area contributed by atoms with Gasteiger partial charge in [-0.25, -0.2) is 4.79 Å². The van der Waals surface area contributed by atoms with Crippen LogP contribution in [0.15, 0.2) is 29.4 Å². The maximum Gasteiger partial charge on any atom is 0.328 e. The van der Waals surface area contributed by atoms with Crippen LogP contribution in [0.3, 0.4) is 0 Å². The van der Waals surface area contributed by atoms with Gasteiger partial charge in [-0.15, -0.1) is 0 Å². The number of rotatable bonds is 5. The first-order valence-corrected chi connectivity index (χ1v) is 5.09. The van der Waals surface area contributed by atoms with Crippen LogP contribution in [0.2, 0.25) is 0 Å². The van der Waals surface area contributed by atoms with Gasteiger partial charge in [-0.05, 0) is 30.2 Å². The van der Waals surface area contributed by atoms with Crippen LogP contribution in [0, 0.1) is 6.92 Å². The normalized spacial score (nSPS) is 11.2. The SMILES string of the molecule is COC(=O)C(CN=[N+]=[N-])Nc1cccc(C)c1. The molecular weight excluding hydrogens is 220 g/mol. The van der Waals surface area contributed by atoms with Crippen LogP contribution in [-0.2, 0) is 9.53 Å². The molecule has 1 aromatic carbocycles. The van der Waals surface area contributed by atoms with E-state index in [1.807, 2.05) is 31.2 Å². The van der Waals surface area contributed by atoms with Gasteiger partial charge in [-0.2, -0.15) is 0 Å². The summed E-state index contributed by atoms with van der Waals surface area (Å²) in [5, 5.41) is 6.34. The minimum Gasteiger partial charge on any atom is -0.467 e. The number of carbonyl (C=O) groups excluding carboxylic acids is 1. The Kier molecular flexibility index (Phi) is 4.84. The number of hydrogen-bond donors (Lipinski definition) is 1. The number of anilines is 1. The van der Waals surface area contributed by atoms with Gasteiger partial charge in [0.15, 0.2) is 0 Å². The van der Waals surface area contributed by atoms with Gasteiger partial charge in [-0.3, -0.25) is 0 Å². The molecule has 1 rings (SSSR count). The molecule has 0 aliphatic carbocycles. The standard InChI is InChI=1S/C11H14N4O2/c1-8-4-3-5-9(6-8)14-10(7-13-15-12)11(16)17-2/h3-6,10,14H,7H2,1-2H3. The van der Waals surface area contributed by atoms with Crippen LogP contribution in [0.1, 0.15) is 5.56 Å². The molecule has 0 radical (unpaired) electrons. The van der Waals surface area contributed by atoms with Gasteiger partial charge in [-0.1, -0.05) is 17.2 Å². The summed E-state index contributed by atoms with van der Waals surface area (Å²) < 4.78 is 4.63. The number of ether oxygens (including phenoxy) is 1.